The fourth-order valence-electron chi connectivity index (χ4n) is 10.0. The summed E-state index contributed by atoms with van der Waals surface area (Å²) in [6.45, 7) is 0. The van der Waals surface area contributed by atoms with E-state index in [0.29, 0.717) is 5.92 Å². The summed E-state index contributed by atoms with van der Waals surface area (Å²) in [6, 6.07) is 89.5. The number of anilines is 11. The van der Waals surface area contributed by atoms with E-state index in [2.05, 4.69) is 305 Å². The van der Waals surface area contributed by atoms with E-state index in [1.165, 1.54) is 32.8 Å². The van der Waals surface area contributed by atoms with E-state index >= 15 is 0 Å². The molecule has 334 valence electrons. The Labute approximate surface area is 410 Å². The van der Waals surface area contributed by atoms with Crippen molar-refractivity contribution in [1.29, 1.82) is 0 Å². The molecule has 0 saturated heterocycles. The molecule has 0 heterocycles. The summed E-state index contributed by atoms with van der Waals surface area (Å²) in [5.41, 5.74) is 14.4. The zero-order chi connectivity index (χ0) is 46.6. The molecule has 0 bridgehead atoms. The van der Waals surface area contributed by atoms with E-state index in [-0.39, 0.29) is 0 Å². The van der Waals surface area contributed by atoms with Gasteiger partial charge in [0.2, 0.25) is 0 Å². The summed E-state index contributed by atoms with van der Waals surface area (Å²) >= 11 is 0. The predicted molar refractivity (Wildman–Crippen MR) is 297 cm³/mol. The molecule has 0 spiro atoms. The second-order valence-electron chi connectivity index (χ2n) is 17.8. The molecule has 0 radical (unpaired) electrons. The first-order chi connectivity index (χ1) is 34.7. The van der Waals surface area contributed by atoms with E-state index in [4.69, 9.17) is 0 Å². The van der Waals surface area contributed by atoms with Crippen LogP contribution in [-0.4, -0.2) is 0 Å². The molecular formula is C66H50N4. The highest BCUT2D eigenvalue weighted by Crippen LogP contribution is 2.44. The van der Waals surface area contributed by atoms with Gasteiger partial charge in [-0.3, -0.25) is 0 Å². The van der Waals surface area contributed by atoms with Crippen molar-refractivity contribution in [1.82, 2.24) is 0 Å². The molecule has 0 N–H and O–H groups in total. The van der Waals surface area contributed by atoms with Gasteiger partial charge in [0.25, 0.3) is 0 Å². The second-order valence-corrected chi connectivity index (χ2v) is 17.8. The minimum Gasteiger partial charge on any atom is -0.311 e. The third kappa shape index (κ3) is 8.44. The van der Waals surface area contributed by atoms with Gasteiger partial charge in [0.15, 0.2) is 0 Å². The number of benzene rings is 10. The second kappa shape index (κ2) is 18.9. The van der Waals surface area contributed by atoms with Crippen LogP contribution in [0.1, 0.15) is 6.42 Å². The van der Waals surface area contributed by atoms with Gasteiger partial charge in [0, 0.05) is 74.2 Å². The Kier molecular flexibility index (Phi) is 11.4. The van der Waals surface area contributed by atoms with Crippen molar-refractivity contribution in [3.63, 3.8) is 0 Å². The average molecular weight is 899 g/mol. The van der Waals surface area contributed by atoms with Gasteiger partial charge in [-0.2, -0.15) is 0 Å². The van der Waals surface area contributed by atoms with E-state index in [0.717, 1.165) is 69.0 Å². The molecule has 4 heteroatoms. The first-order valence-corrected chi connectivity index (χ1v) is 24.1. The Morgan fingerprint density at radius 1 is 0.286 bits per heavy atom. The molecule has 10 aromatic carbocycles. The fraction of sp³-hybridized carbons (Fsp3) is 0.0303. The monoisotopic (exact) mass is 898 g/mol. The van der Waals surface area contributed by atoms with Crippen LogP contribution in [-0.2, 0) is 0 Å². The Morgan fingerprint density at radius 3 is 1.04 bits per heavy atom. The molecule has 70 heavy (non-hydrogen) atoms. The van der Waals surface area contributed by atoms with Gasteiger partial charge in [0.05, 0.1) is 0 Å². The molecule has 1 atom stereocenters. The van der Waals surface area contributed by atoms with Crippen molar-refractivity contribution in [2.24, 2.45) is 5.92 Å². The average Bonchev–Trinajstić information content (AvgIpc) is 3.43. The summed E-state index contributed by atoms with van der Waals surface area (Å²) < 4.78 is 0. The number of hydrogen-bond donors (Lipinski definition) is 0. The van der Waals surface area contributed by atoms with Crippen LogP contribution < -0.4 is 19.6 Å². The van der Waals surface area contributed by atoms with Crippen molar-refractivity contribution in [3.8, 4) is 0 Å². The highest BCUT2D eigenvalue weighted by atomic mass is 15.2. The number of allylic oxidation sites excluding steroid dienone is 7. The van der Waals surface area contributed by atoms with Gasteiger partial charge in [-0.25, -0.2) is 0 Å². The molecule has 4 nitrogen and oxygen atoms in total. The van der Waals surface area contributed by atoms with Gasteiger partial charge in [0.1, 0.15) is 0 Å². The van der Waals surface area contributed by atoms with Crippen LogP contribution in [0.4, 0.5) is 62.6 Å². The third-order valence-electron chi connectivity index (χ3n) is 13.4. The Balaban J connectivity index is 0.952. The van der Waals surface area contributed by atoms with Crippen molar-refractivity contribution < 1.29 is 0 Å². The predicted octanol–water partition coefficient (Wildman–Crippen LogP) is 18.5. The topological polar surface area (TPSA) is 13.0 Å². The van der Waals surface area contributed by atoms with Crippen molar-refractivity contribution in [2.75, 3.05) is 19.6 Å². The van der Waals surface area contributed by atoms with Crippen LogP contribution in [0.25, 0.3) is 21.5 Å². The minimum absolute atomic E-state index is 0.416. The summed E-state index contributed by atoms with van der Waals surface area (Å²) in [5, 5.41) is 4.85. The smallest absolute Gasteiger partial charge is 0.0468 e. The molecule has 0 aliphatic heterocycles. The van der Waals surface area contributed by atoms with Gasteiger partial charge in [-0.1, -0.05) is 146 Å². The largest absolute Gasteiger partial charge is 0.311 e. The van der Waals surface area contributed by atoms with Crippen molar-refractivity contribution >= 4 is 84.1 Å². The zero-order valence-electron chi connectivity index (χ0n) is 38.7. The molecule has 2 aliphatic rings. The molecule has 0 saturated carbocycles. The molecule has 0 fully saturated rings. The molecule has 10 aromatic rings. The molecule has 0 aromatic heterocycles. The van der Waals surface area contributed by atoms with Crippen LogP contribution in [0.5, 0.6) is 0 Å². The highest BCUT2D eigenvalue weighted by Gasteiger charge is 2.23. The lowest BCUT2D eigenvalue weighted by molar-refractivity contribution is 0.768. The quantitative estimate of drug-likeness (QED) is 0.121. The summed E-state index contributed by atoms with van der Waals surface area (Å²) in [5.74, 6) is 0.416. The number of fused-ring (bicyclic) bond motifs is 3. The maximum absolute atomic E-state index is 2.38. The lowest BCUT2D eigenvalue weighted by Crippen LogP contribution is -2.19. The molecule has 12 rings (SSSR count). The number of para-hydroxylation sites is 3. The first kappa shape index (κ1) is 42.2. The van der Waals surface area contributed by atoms with Crippen LogP contribution in [0.3, 0.4) is 0 Å². The molecule has 1 unspecified atom stereocenters. The van der Waals surface area contributed by atoms with Gasteiger partial charge >= 0.3 is 0 Å². The number of hydrogen-bond acceptors (Lipinski definition) is 4. The van der Waals surface area contributed by atoms with Crippen LogP contribution in [0, 0.1) is 5.92 Å². The maximum Gasteiger partial charge on any atom is 0.0468 e. The zero-order valence-corrected chi connectivity index (χ0v) is 38.7. The Bertz CT molecular complexity index is 3390. The van der Waals surface area contributed by atoms with Crippen LogP contribution in [0.15, 0.2) is 296 Å². The van der Waals surface area contributed by atoms with Crippen molar-refractivity contribution in [3.05, 3.63) is 296 Å². The van der Waals surface area contributed by atoms with Crippen molar-refractivity contribution in [2.45, 2.75) is 6.42 Å². The first-order valence-electron chi connectivity index (χ1n) is 24.1. The molecule has 2 aliphatic carbocycles. The number of rotatable bonds is 12. The van der Waals surface area contributed by atoms with E-state index in [1.807, 2.05) is 0 Å². The maximum atomic E-state index is 2.38. The van der Waals surface area contributed by atoms with E-state index in [1.54, 1.807) is 0 Å². The Hall–Kier alpha value is -9.12. The summed E-state index contributed by atoms with van der Waals surface area (Å²) in [7, 11) is 0. The molecule has 0 amide bonds. The van der Waals surface area contributed by atoms with E-state index in [9.17, 15) is 0 Å². The Morgan fingerprint density at radius 2 is 0.614 bits per heavy atom. The standard InChI is InChI=1S/C66H50N4/c1-4-22-55(23-5-1)68(64-31-28-49-16-10-13-19-52(49)46-64)61-40-34-58(35-41-61)67(59-36-42-62(43-37-59)69(56-24-6-2-7-25-56)65-32-29-50-17-11-14-20-53(50)47-65)60-38-44-63(45-39-60)70(57-26-8-3-9-27-57)66-33-30-51-18-12-15-21-54(51)48-66/h1-29,31-48,51H,30H2. The number of nitrogens with zero attached hydrogens (tertiary/aromatic N) is 4. The van der Waals surface area contributed by atoms with Crippen LogP contribution in [0.2, 0.25) is 0 Å². The van der Waals surface area contributed by atoms with E-state index < -0.39 is 0 Å². The third-order valence-corrected chi connectivity index (χ3v) is 13.4. The lowest BCUT2D eigenvalue weighted by Gasteiger charge is -2.32. The van der Waals surface area contributed by atoms with Crippen LogP contribution >= 0.6 is 0 Å². The normalized spacial score (nSPS) is 13.9. The highest BCUT2D eigenvalue weighted by molar-refractivity contribution is 5.91. The lowest BCUT2D eigenvalue weighted by atomic mass is 9.87. The van der Waals surface area contributed by atoms with Gasteiger partial charge in [-0.05, 0) is 173 Å². The summed E-state index contributed by atoms with van der Waals surface area (Å²) in [6.07, 6.45) is 14.6. The summed E-state index contributed by atoms with van der Waals surface area (Å²) in [4.78, 5) is 9.42. The van der Waals surface area contributed by atoms with Gasteiger partial charge < -0.3 is 19.6 Å². The van der Waals surface area contributed by atoms with Gasteiger partial charge in [-0.15, -0.1) is 0 Å². The SMILES string of the molecule is C1=CC2=CC(N(c3ccccc3)c3ccc(N(c4ccc(N(c5ccccc5)c5ccc6ccccc6c5)cc4)c4ccc(N(c5ccccc5)c5ccc6ccccc6c5)cc4)cc3)=CCC2C=C1. The molecular weight excluding hydrogens is 849 g/mol. The fourth-order valence-corrected chi connectivity index (χ4v) is 10.0. The minimum atomic E-state index is 0.416.